The number of methoxy groups -OCH3 is 1. The number of ether oxygens (including phenoxy) is 2. The lowest BCUT2D eigenvalue weighted by Crippen LogP contribution is -2.09. The Balaban J connectivity index is 2.19. The van der Waals surface area contributed by atoms with Crippen LogP contribution in [0.3, 0.4) is 0 Å². The summed E-state index contributed by atoms with van der Waals surface area (Å²) in [6.45, 7) is 2.27. The van der Waals surface area contributed by atoms with Crippen molar-refractivity contribution in [3.8, 4) is 0 Å². The van der Waals surface area contributed by atoms with Crippen LogP contribution in [0.15, 0.2) is 0 Å². The van der Waals surface area contributed by atoms with Gasteiger partial charge in [0.1, 0.15) is 0 Å². The van der Waals surface area contributed by atoms with Crippen LogP contribution in [0.4, 0.5) is 0 Å². The number of rotatable bonds is 3. The van der Waals surface area contributed by atoms with Crippen molar-refractivity contribution in [1.82, 2.24) is 0 Å². The highest BCUT2D eigenvalue weighted by atomic mass is 16.5. The third-order valence-corrected chi connectivity index (χ3v) is 1.62. The maximum atomic E-state index is 10.9. The first-order valence-electron chi connectivity index (χ1n) is 3.49. The van der Waals surface area contributed by atoms with E-state index < -0.39 is 0 Å². The minimum absolute atomic E-state index is 0.0185. The molecular weight excluding hydrogens is 132 g/mol. The Morgan fingerprint density at radius 3 is 2.80 bits per heavy atom. The first-order valence-corrected chi connectivity index (χ1v) is 3.49. The first kappa shape index (κ1) is 7.54. The van der Waals surface area contributed by atoms with Gasteiger partial charge < -0.3 is 9.47 Å². The number of carbonyl (C=O) groups excluding carboxylic acids is 1. The van der Waals surface area contributed by atoms with Gasteiger partial charge in [0.05, 0.1) is 18.6 Å². The molecule has 3 nitrogen and oxygen atoms in total. The van der Waals surface area contributed by atoms with Crippen molar-refractivity contribution in [2.75, 3.05) is 13.7 Å². The zero-order valence-electron chi connectivity index (χ0n) is 6.29. The van der Waals surface area contributed by atoms with Gasteiger partial charge in [-0.25, -0.2) is 0 Å². The summed E-state index contributed by atoms with van der Waals surface area (Å²) in [7, 11) is 1.61. The van der Waals surface area contributed by atoms with Gasteiger partial charge in [-0.2, -0.15) is 0 Å². The molecule has 1 fully saturated rings. The van der Waals surface area contributed by atoms with Crippen LogP contribution >= 0.6 is 0 Å². The minimum atomic E-state index is -0.116. The lowest BCUT2D eigenvalue weighted by molar-refractivity contribution is -0.145. The van der Waals surface area contributed by atoms with E-state index in [2.05, 4.69) is 0 Å². The lowest BCUT2D eigenvalue weighted by Gasteiger charge is -1.98. The number of carbonyl (C=O) groups is 1. The van der Waals surface area contributed by atoms with E-state index >= 15 is 0 Å². The van der Waals surface area contributed by atoms with Gasteiger partial charge in [-0.3, -0.25) is 4.79 Å². The molecule has 1 aliphatic carbocycles. The first-order chi connectivity index (χ1) is 4.79. The molecule has 1 aliphatic rings. The van der Waals surface area contributed by atoms with Gasteiger partial charge >= 0.3 is 5.97 Å². The summed E-state index contributed by atoms with van der Waals surface area (Å²) in [4.78, 5) is 10.9. The van der Waals surface area contributed by atoms with Gasteiger partial charge in [-0.15, -0.1) is 0 Å². The van der Waals surface area contributed by atoms with E-state index in [9.17, 15) is 4.79 Å². The Kier molecular flexibility index (Phi) is 2.27. The van der Waals surface area contributed by atoms with Crippen molar-refractivity contribution in [3.05, 3.63) is 0 Å². The number of hydrogen-bond donors (Lipinski definition) is 0. The third-order valence-electron chi connectivity index (χ3n) is 1.62. The fourth-order valence-corrected chi connectivity index (χ4v) is 0.930. The van der Waals surface area contributed by atoms with Crippen LogP contribution in [0.5, 0.6) is 0 Å². The van der Waals surface area contributed by atoms with Crippen molar-refractivity contribution in [2.45, 2.75) is 19.4 Å². The number of esters is 1. The Bertz CT molecular complexity index is 133. The quantitative estimate of drug-likeness (QED) is 0.544. The van der Waals surface area contributed by atoms with E-state index in [-0.39, 0.29) is 18.0 Å². The molecule has 2 atom stereocenters. The Hall–Kier alpha value is -0.570. The van der Waals surface area contributed by atoms with Gasteiger partial charge in [0.25, 0.3) is 0 Å². The molecule has 0 saturated heterocycles. The molecule has 0 aromatic rings. The normalized spacial score (nSPS) is 29.8. The topological polar surface area (TPSA) is 35.5 Å². The molecule has 2 unspecified atom stereocenters. The highest BCUT2D eigenvalue weighted by molar-refractivity contribution is 5.76. The third kappa shape index (κ3) is 1.48. The molecule has 0 radical (unpaired) electrons. The standard InChI is InChI=1S/C7H12O3/c1-3-10-7(8)5-4-6(5)9-2/h5-6H,3-4H2,1-2H3. The second kappa shape index (κ2) is 3.01. The Morgan fingerprint density at radius 1 is 1.70 bits per heavy atom. The van der Waals surface area contributed by atoms with Crippen LogP contribution in [-0.4, -0.2) is 25.8 Å². The molecule has 1 rings (SSSR count). The smallest absolute Gasteiger partial charge is 0.311 e. The zero-order valence-corrected chi connectivity index (χ0v) is 6.29. The van der Waals surface area contributed by atoms with E-state index in [1.165, 1.54) is 0 Å². The molecule has 0 N–H and O–H groups in total. The molecule has 0 heterocycles. The minimum Gasteiger partial charge on any atom is -0.466 e. The van der Waals surface area contributed by atoms with Gasteiger partial charge in [0, 0.05) is 7.11 Å². The Labute approximate surface area is 60.3 Å². The summed E-state index contributed by atoms with van der Waals surface area (Å²) in [6, 6.07) is 0. The summed E-state index contributed by atoms with van der Waals surface area (Å²) in [5, 5.41) is 0. The summed E-state index contributed by atoms with van der Waals surface area (Å²) in [5.41, 5.74) is 0. The average Bonchev–Trinajstić information content (AvgIpc) is 2.66. The molecule has 0 aliphatic heterocycles. The molecule has 10 heavy (non-hydrogen) atoms. The van der Waals surface area contributed by atoms with Gasteiger partial charge in [0.2, 0.25) is 0 Å². The van der Waals surface area contributed by atoms with E-state index in [1.807, 2.05) is 6.92 Å². The maximum Gasteiger partial charge on any atom is 0.311 e. The van der Waals surface area contributed by atoms with Gasteiger partial charge in [0.15, 0.2) is 0 Å². The predicted molar refractivity (Wildman–Crippen MR) is 35.5 cm³/mol. The van der Waals surface area contributed by atoms with Crippen LogP contribution in [0, 0.1) is 5.92 Å². The molecule has 0 aromatic carbocycles. The Morgan fingerprint density at radius 2 is 2.40 bits per heavy atom. The SMILES string of the molecule is CCOC(=O)C1CC1OC. The molecule has 0 amide bonds. The highest BCUT2D eigenvalue weighted by Crippen LogP contribution is 2.33. The van der Waals surface area contributed by atoms with E-state index in [4.69, 9.17) is 9.47 Å². The van der Waals surface area contributed by atoms with Crippen LogP contribution < -0.4 is 0 Å². The highest BCUT2D eigenvalue weighted by Gasteiger charge is 2.44. The summed E-state index contributed by atoms with van der Waals surface area (Å²) >= 11 is 0. The lowest BCUT2D eigenvalue weighted by atomic mass is 10.4. The second-order valence-electron chi connectivity index (χ2n) is 2.37. The zero-order chi connectivity index (χ0) is 7.56. The largest absolute Gasteiger partial charge is 0.466 e. The van der Waals surface area contributed by atoms with E-state index in [0.717, 1.165) is 6.42 Å². The van der Waals surface area contributed by atoms with Gasteiger partial charge in [-0.1, -0.05) is 0 Å². The van der Waals surface area contributed by atoms with Crippen molar-refractivity contribution in [3.63, 3.8) is 0 Å². The van der Waals surface area contributed by atoms with Crippen LogP contribution in [0.25, 0.3) is 0 Å². The molecule has 0 aromatic heterocycles. The van der Waals surface area contributed by atoms with Crippen molar-refractivity contribution < 1.29 is 14.3 Å². The fourth-order valence-electron chi connectivity index (χ4n) is 0.930. The molecule has 0 bridgehead atoms. The summed E-state index contributed by atoms with van der Waals surface area (Å²) in [6.07, 6.45) is 0.953. The molecule has 1 saturated carbocycles. The predicted octanol–water partition coefficient (Wildman–Crippen LogP) is 0.584. The van der Waals surface area contributed by atoms with Crippen LogP contribution in [0.1, 0.15) is 13.3 Å². The molecular formula is C7H12O3. The van der Waals surface area contributed by atoms with Crippen molar-refractivity contribution >= 4 is 5.97 Å². The van der Waals surface area contributed by atoms with Crippen LogP contribution in [0.2, 0.25) is 0 Å². The fraction of sp³-hybridized carbons (Fsp3) is 0.857. The van der Waals surface area contributed by atoms with Crippen molar-refractivity contribution in [1.29, 1.82) is 0 Å². The van der Waals surface area contributed by atoms with Gasteiger partial charge in [-0.05, 0) is 13.3 Å². The van der Waals surface area contributed by atoms with Crippen molar-refractivity contribution in [2.24, 2.45) is 5.92 Å². The van der Waals surface area contributed by atoms with E-state index in [0.29, 0.717) is 6.61 Å². The summed E-state index contributed by atoms with van der Waals surface area (Å²) in [5.74, 6) is -0.0979. The van der Waals surface area contributed by atoms with E-state index in [1.54, 1.807) is 7.11 Å². The maximum absolute atomic E-state index is 10.9. The summed E-state index contributed by atoms with van der Waals surface area (Å²) < 4.78 is 9.72. The number of hydrogen-bond acceptors (Lipinski definition) is 3. The second-order valence-corrected chi connectivity index (χ2v) is 2.37. The van der Waals surface area contributed by atoms with Crippen LogP contribution in [-0.2, 0) is 14.3 Å². The molecule has 58 valence electrons. The monoisotopic (exact) mass is 144 g/mol. The molecule has 0 spiro atoms. The molecule has 3 heteroatoms. The average molecular weight is 144 g/mol.